The van der Waals surface area contributed by atoms with E-state index in [0.717, 1.165) is 25.6 Å². The molecular formula is C7H17N3. The molecule has 1 saturated heterocycles. The molecule has 10 heavy (non-hydrogen) atoms. The van der Waals surface area contributed by atoms with Gasteiger partial charge in [0.05, 0.1) is 0 Å². The topological polar surface area (TPSA) is 41.3 Å². The third-order valence-corrected chi connectivity index (χ3v) is 1.88. The Bertz CT molecular complexity index is 88.9. The molecule has 0 bridgehead atoms. The minimum atomic E-state index is 0.733. The van der Waals surface area contributed by atoms with E-state index < -0.39 is 0 Å². The number of nitrogens with zero attached hydrogens (tertiary/aromatic N) is 1. The third-order valence-electron chi connectivity index (χ3n) is 1.88. The van der Waals surface area contributed by atoms with E-state index in [2.05, 4.69) is 17.3 Å². The Morgan fingerprint density at radius 3 is 2.80 bits per heavy atom. The smallest absolute Gasteiger partial charge is 0.0322 e. The Balaban J connectivity index is 1.86. The van der Waals surface area contributed by atoms with Crippen molar-refractivity contribution in [2.75, 3.05) is 33.2 Å². The summed E-state index contributed by atoms with van der Waals surface area (Å²) >= 11 is 0. The van der Waals surface area contributed by atoms with Gasteiger partial charge in [-0.05, 0) is 26.6 Å². The molecule has 0 aromatic carbocycles. The highest BCUT2D eigenvalue weighted by atomic mass is 15.2. The van der Waals surface area contributed by atoms with Crippen molar-refractivity contribution in [1.82, 2.24) is 10.2 Å². The summed E-state index contributed by atoms with van der Waals surface area (Å²) < 4.78 is 0. The molecule has 3 N–H and O–H groups in total. The summed E-state index contributed by atoms with van der Waals surface area (Å²) in [5.74, 6) is 0. The van der Waals surface area contributed by atoms with E-state index >= 15 is 0 Å². The maximum Gasteiger partial charge on any atom is 0.0322 e. The van der Waals surface area contributed by atoms with Gasteiger partial charge in [0.15, 0.2) is 0 Å². The zero-order valence-corrected chi connectivity index (χ0v) is 6.64. The van der Waals surface area contributed by atoms with Crippen molar-refractivity contribution in [3.63, 3.8) is 0 Å². The number of rotatable bonds is 4. The summed E-state index contributed by atoms with van der Waals surface area (Å²) in [5.41, 5.74) is 5.35. The number of likely N-dealkylation sites (tertiary alicyclic amines) is 1. The summed E-state index contributed by atoms with van der Waals surface area (Å²) in [6.45, 7) is 4.28. The van der Waals surface area contributed by atoms with E-state index in [-0.39, 0.29) is 0 Å². The van der Waals surface area contributed by atoms with Crippen LogP contribution in [0.1, 0.15) is 6.42 Å². The maximum atomic E-state index is 5.35. The first kappa shape index (κ1) is 7.98. The molecule has 3 nitrogen and oxygen atoms in total. The van der Waals surface area contributed by atoms with E-state index in [1.54, 1.807) is 0 Å². The molecule has 0 atom stereocenters. The zero-order valence-electron chi connectivity index (χ0n) is 6.64. The van der Waals surface area contributed by atoms with Gasteiger partial charge in [0.1, 0.15) is 0 Å². The molecule has 1 aliphatic rings. The SMILES string of the molecule is CN1CC(NCCCN)C1. The fraction of sp³-hybridized carbons (Fsp3) is 1.00. The highest BCUT2D eigenvalue weighted by Crippen LogP contribution is 2.02. The van der Waals surface area contributed by atoms with Crippen molar-refractivity contribution in [3.05, 3.63) is 0 Å². The van der Waals surface area contributed by atoms with E-state index in [4.69, 9.17) is 5.73 Å². The standard InChI is InChI=1S/C7H17N3/c1-10-5-7(6-10)9-4-2-3-8/h7,9H,2-6,8H2,1H3. The molecule has 0 saturated carbocycles. The first-order valence-corrected chi connectivity index (χ1v) is 3.95. The van der Waals surface area contributed by atoms with Crippen LogP contribution in [0.5, 0.6) is 0 Å². The van der Waals surface area contributed by atoms with Gasteiger partial charge in [-0.2, -0.15) is 0 Å². The molecule has 0 radical (unpaired) electrons. The van der Waals surface area contributed by atoms with Crippen molar-refractivity contribution in [2.24, 2.45) is 5.73 Å². The van der Waals surface area contributed by atoms with E-state index in [1.165, 1.54) is 13.1 Å². The molecule has 0 aliphatic carbocycles. The van der Waals surface area contributed by atoms with E-state index in [9.17, 15) is 0 Å². The van der Waals surface area contributed by atoms with Gasteiger partial charge in [0.25, 0.3) is 0 Å². The average molecular weight is 143 g/mol. The van der Waals surface area contributed by atoms with Crippen LogP contribution in [0.15, 0.2) is 0 Å². The van der Waals surface area contributed by atoms with Gasteiger partial charge in [0.2, 0.25) is 0 Å². The monoisotopic (exact) mass is 143 g/mol. The summed E-state index contributed by atoms with van der Waals surface area (Å²) in [5, 5.41) is 3.43. The first-order valence-electron chi connectivity index (χ1n) is 3.95. The van der Waals surface area contributed by atoms with Gasteiger partial charge < -0.3 is 16.0 Å². The Labute approximate surface area is 62.6 Å². The molecule has 0 spiro atoms. The van der Waals surface area contributed by atoms with Crippen molar-refractivity contribution < 1.29 is 0 Å². The molecule has 1 rings (SSSR count). The third kappa shape index (κ3) is 2.25. The summed E-state index contributed by atoms with van der Waals surface area (Å²) in [4.78, 5) is 2.31. The number of likely N-dealkylation sites (N-methyl/N-ethyl adjacent to an activating group) is 1. The summed E-state index contributed by atoms with van der Waals surface area (Å²) in [6.07, 6.45) is 1.10. The van der Waals surface area contributed by atoms with Crippen LogP contribution in [0.25, 0.3) is 0 Å². The van der Waals surface area contributed by atoms with Crippen LogP contribution < -0.4 is 11.1 Å². The molecule has 1 aliphatic heterocycles. The lowest BCUT2D eigenvalue weighted by atomic mass is 10.1. The lowest BCUT2D eigenvalue weighted by Crippen LogP contribution is -2.56. The van der Waals surface area contributed by atoms with Crippen LogP contribution in [0.4, 0.5) is 0 Å². The minimum Gasteiger partial charge on any atom is -0.330 e. The molecule has 1 heterocycles. The Hall–Kier alpha value is -0.120. The predicted molar refractivity (Wildman–Crippen MR) is 43.0 cm³/mol. The lowest BCUT2D eigenvalue weighted by Gasteiger charge is -2.36. The highest BCUT2D eigenvalue weighted by molar-refractivity contribution is 4.82. The number of nitrogens with one attached hydrogen (secondary N) is 1. The number of hydrogen-bond donors (Lipinski definition) is 2. The van der Waals surface area contributed by atoms with Crippen molar-refractivity contribution in [3.8, 4) is 0 Å². The highest BCUT2D eigenvalue weighted by Gasteiger charge is 2.21. The van der Waals surface area contributed by atoms with E-state index in [1.807, 2.05) is 0 Å². The van der Waals surface area contributed by atoms with Crippen LogP contribution in [-0.4, -0.2) is 44.2 Å². The molecule has 0 aromatic rings. The van der Waals surface area contributed by atoms with Crippen LogP contribution >= 0.6 is 0 Å². The second-order valence-corrected chi connectivity index (χ2v) is 3.01. The first-order chi connectivity index (χ1) is 4.83. The lowest BCUT2D eigenvalue weighted by molar-refractivity contribution is 0.162. The van der Waals surface area contributed by atoms with Gasteiger partial charge >= 0.3 is 0 Å². The molecule has 1 fully saturated rings. The second kappa shape index (κ2) is 3.91. The Kier molecular flexibility index (Phi) is 3.12. The largest absolute Gasteiger partial charge is 0.330 e. The van der Waals surface area contributed by atoms with Crippen LogP contribution in [-0.2, 0) is 0 Å². The fourth-order valence-corrected chi connectivity index (χ4v) is 1.24. The predicted octanol–water partition coefficient (Wildman–Crippen LogP) is -0.761. The second-order valence-electron chi connectivity index (χ2n) is 3.01. The molecule has 0 aromatic heterocycles. The van der Waals surface area contributed by atoms with Crippen LogP contribution in [0.2, 0.25) is 0 Å². The summed E-state index contributed by atoms with van der Waals surface area (Å²) in [7, 11) is 2.14. The van der Waals surface area contributed by atoms with Crippen molar-refractivity contribution in [1.29, 1.82) is 0 Å². The molecule has 3 heteroatoms. The maximum absolute atomic E-state index is 5.35. The number of nitrogens with two attached hydrogens (primary N) is 1. The molecule has 0 unspecified atom stereocenters. The zero-order chi connectivity index (χ0) is 7.40. The quantitative estimate of drug-likeness (QED) is 0.508. The van der Waals surface area contributed by atoms with Crippen molar-refractivity contribution in [2.45, 2.75) is 12.5 Å². The van der Waals surface area contributed by atoms with Gasteiger partial charge in [-0.1, -0.05) is 0 Å². The minimum absolute atomic E-state index is 0.733. The fourth-order valence-electron chi connectivity index (χ4n) is 1.24. The van der Waals surface area contributed by atoms with Crippen LogP contribution in [0, 0.1) is 0 Å². The van der Waals surface area contributed by atoms with Crippen molar-refractivity contribution >= 4 is 0 Å². The van der Waals surface area contributed by atoms with Gasteiger partial charge in [-0.3, -0.25) is 0 Å². The molecule has 60 valence electrons. The van der Waals surface area contributed by atoms with Gasteiger partial charge in [-0.15, -0.1) is 0 Å². The van der Waals surface area contributed by atoms with Gasteiger partial charge in [0, 0.05) is 19.1 Å². The molecular weight excluding hydrogens is 126 g/mol. The Morgan fingerprint density at radius 1 is 1.60 bits per heavy atom. The van der Waals surface area contributed by atoms with Crippen LogP contribution in [0.3, 0.4) is 0 Å². The molecule has 0 amide bonds. The number of hydrogen-bond acceptors (Lipinski definition) is 3. The average Bonchev–Trinajstić information content (AvgIpc) is 1.85. The normalized spacial score (nSPS) is 21.0. The van der Waals surface area contributed by atoms with E-state index in [0.29, 0.717) is 0 Å². The Morgan fingerprint density at radius 2 is 2.30 bits per heavy atom. The van der Waals surface area contributed by atoms with Gasteiger partial charge in [-0.25, -0.2) is 0 Å². The summed E-state index contributed by atoms with van der Waals surface area (Å²) in [6, 6.07) is 0.733.